The van der Waals surface area contributed by atoms with E-state index in [1.165, 1.54) is 12.1 Å². The lowest BCUT2D eigenvalue weighted by atomic mass is 10.0. The van der Waals surface area contributed by atoms with E-state index in [0.29, 0.717) is 35.5 Å². The van der Waals surface area contributed by atoms with Gasteiger partial charge in [-0.15, -0.1) is 0 Å². The molecule has 3 heteroatoms. The fraction of sp³-hybridized carbons (Fsp3) is 0. The number of hydrogen-bond acceptors (Lipinski definition) is 3. The fourth-order valence-electron chi connectivity index (χ4n) is 1.03. The van der Waals surface area contributed by atoms with E-state index in [1.807, 2.05) is 0 Å². The standard InChI is InChI=1S/C11H6O3/c12-6-2-5-11-9(7-13)3-1-4-10(11)8-14/h1,3-4,6-8H. The summed E-state index contributed by atoms with van der Waals surface area (Å²) < 4.78 is 0. The normalized spacial score (nSPS) is 8.29. The maximum absolute atomic E-state index is 10.6. The van der Waals surface area contributed by atoms with Crippen molar-refractivity contribution in [3.63, 3.8) is 0 Å². The Morgan fingerprint density at radius 1 is 1.00 bits per heavy atom. The summed E-state index contributed by atoms with van der Waals surface area (Å²) in [5.74, 6) is 4.62. The molecule has 0 aromatic heterocycles. The zero-order chi connectivity index (χ0) is 10.4. The molecule has 0 unspecified atom stereocenters. The van der Waals surface area contributed by atoms with Gasteiger partial charge in [0.05, 0.1) is 0 Å². The number of aldehydes is 3. The van der Waals surface area contributed by atoms with Crippen LogP contribution in [0, 0.1) is 11.8 Å². The van der Waals surface area contributed by atoms with Gasteiger partial charge in [-0.1, -0.05) is 24.1 Å². The highest BCUT2D eigenvalue weighted by Crippen LogP contribution is 2.09. The molecule has 1 aromatic rings. The summed E-state index contributed by atoms with van der Waals surface area (Å²) in [6.07, 6.45) is 1.61. The quantitative estimate of drug-likeness (QED) is 0.508. The van der Waals surface area contributed by atoms with E-state index >= 15 is 0 Å². The molecule has 68 valence electrons. The second-order valence-electron chi connectivity index (χ2n) is 2.43. The van der Waals surface area contributed by atoms with E-state index in [4.69, 9.17) is 0 Å². The molecule has 0 aliphatic rings. The molecule has 0 fully saturated rings. The Hall–Kier alpha value is -2.21. The van der Waals surface area contributed by atoms with Crippen LogP contribution >= 0.6 is 0 Å². The number of hydrogen-bond donors (Lipinski definition) is 0. The van der Waals surface area contributed by atoms with Crippen LogP contribution in [0.2, 0.25) is 0 Å². The van der Waals surface area contributed by atoms with Crippen molar-refractivity contribution in [1.29, 1.82) is 0 Å². The zero-order valence-corrected chi connectivity index (χ0v) is 7.19. The third-order valence-electron chi connectivity index (χ3n) is 1.64. The van der Waals surface area contributed by atoms with E-state index < -0.39 is 0 Å². The average molecular weight is 186 g/mol. The number of benzene rings is 1. The number of carbonyl (C=O) groups excluding carboxylic acids is 3. The zero-order valence-electron chi connectivity index (χ0n) is 7.19. The van der Waals surface area contributed by atoms with Crippen LogP contribution in [0.4, 0.5) is 0 Å². The maximum atomic E-state index is 10.6. The van der Waals surface area contributed by atoms with E-state index in [1.54, 1.807) is 6.07 Å². The lowest BCUT2D eigenvalue weighted by molar-refractivity contribution is -0.103. The van der Waals surface area contributed by atoms with E-state index in [-0.39, 0.29) is 0 Å². The highest BCUT2D eigenvalue weighted by atomic mass is 16.1. The molecule has 0 N–H and O–H groups in total. The van der Waals surface area contributed by atoms with Crippen molar-refractivity contribution >= 4 is 18.9 Å². The Morgan fingerprint density at radius 3 is 2.00 bits per heavy atom. The van der Waals surface area contributed by atoms with Gasteiger partial charge in [-0.2, -0.15) is 0 Å². The molecule has 0 saturated carbocycles. The predicted molar refractivity (Wildman–Crippen MR) is 50.2 cm³/mol. The SMILES string of the molecule is O=CC#Cc1c(C=O)cccc1C=O. The van der Waals surface area contributed by atoms with E-state index in [2.05, 4.69) is 11.8 Å². The average Bonchev–Trinajstić information content (AvgIpc) is 2.25. The molecule has 0 heterocycles. The summed E-state index contributed by atoms with van der Waals surface area (Å²) in [6.45, 7) is 0. The van der Waals surface area contributed by atoms with E-state index in [0.717, 1.165) is 0 Å². The molecule has 0 amide bonds. The third-order valence-corrected chi connectivity index (χ3v) is 1.64. The first-order chi connectivity index (χ1) is 6.83. The first-order valence-corrected chi connectivity index (χ1v) is 3.82. The minimum Gasteiger partial charge on any atom is -0.298 e. The summed E-state index contributed by atoms with van der Waals surface area (Å²) in [5, 5.41) is 0. The van der Waals surface area contributed by atoms with Gasteiger partial charge in [0.15, 0.2) is 18.9 Å². The molecule has 0 radical (unpaired) electrons. The van der Waals surface area contributed by atoms with Crippen LogP contribution in [0.5, 0.6) is 0 Å². The molecule has 0 bridgehead atoms. The Kier molecular flexibility index (Phi) is 3.33. The molecule has 0 aliphatic carbocycles. The molecule has 1 aromatic carbocycles. The predicted octanol–water partition coefficient (Wildman–Crippen LogP) is 0.862. The second kappa shape index (κ2) is 4.73. The van der Waals surface area contributed by atoms with Crippen LogP contribution in [0.3, 0.4) is 0 Å². The molecule has 14 heavy (non-hydrogen) atoms. The third kappa shape index (κ3) is 1.93. The van der Waals surface area contributed by atoms with Crippen LogP contribution in [-0.2, 0) is 4.79 Å². The topological polar surface area (TPSA) is 51.2 Å². The van der Waals surface area contributed by atoms with Gasteiger partial charge in [0.25, 0.3) is 0 Å². The van der Waals surface area contributed by atoms with Crippen LogP contribution < -0.4 is 0 Å². The molecule has 1 rings (SSSR count). The molecule has 0 atom stereocenters. The summed E-state index contributed by atoms with van der Waals surface area (Å²) in [4.78, 5) is 31.2. The van der Waals surface area contributed by atoms with Crippen LogP contribution in [0.15, 0.2) is 18.2 Å². The van der Waals surface area contributed by atoms with Crippen molar-refractivity contribution in [1.82, 2.24) is 0 Å². The van der Waals surface area contributed by atoms with Crippen molar-refractivity contribution < 1.29 is 14.4 Å². The van der Waals surface area contributed by atoms with Crippen molar-refractivity contribution in [3.05, 3.63) is 34.9 Å². The van der Waals surface area contributed by atoms with Crippen molar-refractivity contribution in [2.45, 2.75) is 0 Å². The highest BCUT2D eigenvalue weighted by molar-refractivity contribution is 5.89. The first kappa shape index (κ1) is 9.87. The molecular formula is C11H6O3. The Balaban J connectivity index is 3.39. The first-order valence-electron chi connectivity index (χ1n) is 3.82. The van der Waals surface area contributed by atoms with Gasteiger partial charge >= 0.3 is 0 Å². The summed E-state index contributed by atoms with van der Waals surface area (Å²) in [5.41, 5.74) is 0.914. The monoisotopic (exact) mass is 186 g/mol. The van der Waals surface area contributed by atoms with Gasteiger partial charge in [0.2, 0.25) is 0 Å². The maximum Gasteiger partial charge on any atom is 0.193 e. The van der Waals surface area contributed by atoms with E-state index in [9.17, 15) is 14.4 Å². The Morgan fingerprint density at radius 2 is 1.57 bits per heavy atom. The number of rotatable bonds is 2. The summed E-state index contributed by atoms with van der Waals surface area (Å²) >= 11 is 0. The Labute approximate surface area is 80.7 Å². The van der Waals surface area contributed by atoms with Crippen LogP contribution in [-0.4, -0.2) is 18.9 Å². The van der Waals surface area contributed by atoms with Crippen molar-refractivity contribution in [2.75, 3.05) is 0 Å². The fourth-order valence-corrected chi connectivity index (χ4v) is 1.03. The van der Waals surface area contributed by atoms with Crippen molar-refractivity contribution in [3.8, 4) is 11.8 Å². The summed E-state index contributed by atoms with van der Waals surface area (Å²) in [7, 11) is 0. The summed E-state index contributed by atoms with van der Waals surface area (Å²) in [6, 6.07) is 4.66. The Bertz CT molecular complexity index is 409. The smallest absolute Gasteiger partial charge is 0.193 e. The van der Waals surface area contributed by atoms with Crippen molar-refractivity contribution in [2.24, 2.45) is 0 Å². The molecular weight excluding hydrogens is 180 g/mol. The lowest BCUT2D eigenvalue weighted by Crippen LogP contribution is -1.93. The minimum atomic E-state index is 0.296. The minimum absolute atomic E-state index is 0.296. The molecule has 0 spiro atoms. The number of carbonyl (C=O) groups is 3. The van der Waals surface area contributed by atoms with Gasteiger partial charge in [-0.05, 0) is 5.92 Å². The van der Waals surface area contributed by atoms with Gasteiger partial charge in [0, 0.05) is 16.7 Å². The van der Waals surface area contributed by atoms with Gasteiger partial charge in [0.1, 0.15) is 0 Å². The second-order valence-corrected chi connectivity index (χ2v) is 2.43. The van der Waals surface area contributed by atoms with Gasteiger partial charge < -0.3 is 0 Å². The highest BCUT2D eigenvalue weighted by Gasteiger charge is 2.03. The molecule has 3 nitrogen and oxygen atoms in total. The van der Waals surface area contributed by atoms with Crippen LogP contribution in [0.1, 0.15) is 26.3 Å². The van der Waals surface area contributed by atoms with Gasteiger partial charge in [-0.3, -0.25) is 14.4 Å². The van der Waals surface area contributed by atoms with Gasteiger partial charge in [-0.25, -0.2) is 0 Å². The molecule has 0 saturated heterocycles. The largest absolute Gasteiger partial charge is 0.298 e. The molecule has 0 aliphatic heterocycles. The van der Waals surface area contributed by atoms with Crippen LogP contribution in [0.25, 0.3) is 0 Å². The lowest BCUT2D eigenvalue weighted by Gasteiger charge is -1.98.